The van der Waals surface area contributed by atoms with Crippen LogP contribution in [0.25, 0.3) is 0 Å². The standard InChI is InChI=1S/C10H14O5/c1-7(11)9(13)4-2-3-8(12)5-6-10(14)15/h5-6,9,13H,2-4H2,1H3,(H,14,15)/b6-5+. The highest BCUT2D eigenvalue weighted by Crippen LogP contribution is 2.03. The molecule has 0 saturated heterocycles. The molecule has 5 nitrogen and oxygen atoms in total. The molecular weight excluding hydrogens is 200 g/mol. The Hall–Kier alpha value is -1.49. The van der Waals surface area contributed by atoms with Gasteiger partial charge in [0.2, 0.25) is 0 Å². The molecule has 0 aromatic rings. The van der Waals surface area contributed by atoms with Crippen LogP contribution in [0.5, 0.6) is 0 Å². The maximum absolute atomic E-state index is 11.0. The average Bonchev–Trinajstić information content (AvgIpc) is 2.14. The summed E-state index contributed by atoms with van der Waals surface area (Å²) >= 11 is 0. The minimum absolute atomic E-state index is 0.133. The molecule has 1 atom stereocenters. The lowest BCUT2D eigenvalue weighted by Crippen LogP contribution is -2.16. The molecule has 0 amide bonds. The van der Waals surface area contributed by atoms with E-state index in [9.17, 15) is 14.4 Å². The molecule has 0 bridgehead atoms. The van der Waals surface area contributed by atoms with Gasteiger partial charge in [0, 0.05) is 12.5 Å². The van der Waals surface area contributed by atoms with Gasteiger partial charge in [-0.15, -0.1) is 0 Å². The van der Waals surface area contributed by atoms with E-state index in [4.69, 9.17) is 10.2 Å². The Morgan fingerprint density at radius 3 is 2.33 bits per heavy atom. The summed E-state index contributed by atoms with van der Waals surface area (Å²) in [5, 5.41) is 17.3. The van der Waals surface area contributed by atoms with E-state index >= 15 is 0 Å². The van der Waals surface area contributed by atoms with Gasteiger partial charge in [-0.3, -0.25) is 9.59 Å². The number of hydrogen-bond donors (Lipinski definition) is 2. The molecule has 0 aromatic heterocycles. The maximum Gasteiger partial charge on any atom is 0.328 e. The second-order valence-electron chi connectivity index (χ2n) is 3.16. The highest BCUT2D eigenvalue weighted by molar-refractivity contribution is 5.95. The van der Waals surface area contributed by atoms with Crippen LogP contribution < -0.4 is 0 Å². The summed E-state index contributed by atoms with van der Waals surface area (Å²) in [7, 11) is 0. The number of aliphatic hydroxyl groups is 1. The fourth-order valence-corrected chi connectivity index (χ4v) is 0.920. The average molecular weight is 214 g/mol. The van der Waals surface area contributed by atoms with E-state index in [-0.39, 0.29) is 24.4 Å². The second-order valence-corrected chi connectivity index (χ2v) is 3.16. The van der Waals surface area contributed by atoms with Crippen LogP contribution in [0, 0.1) is 0 Å². The Kier molecular flexibility index (Phi) is 6.21. The number of aliphatic carboxylic acids is 1. The van der Waals surface area contributed by atoms with Gasteiger partial charge in [-0.25, -0.2) is 4.79 Å². The van der Waals surface area contributed by atoms with Crippen molar-refractivity contribution in [2.75, 3.05) is 0 Å². The van der Waals surface area contributed by atoms with E-state index in [1.807, 2.05) is 0 Å². The van der Waals surface area contributed by atoms with Crippen molar-refractivity contribution < 1.29 is 24.6 Å². The van der Waals surface area contributed by atoms with Crippen LogP contribution in [-0.4, -0.2) is 33.9 Å². The molecule has 0 spiro atoms. The van der Waals surface area contributed by atoms with Crippen molar-refractivity contribution in [2.24, 2.45) is 0 Å². The zero-order valence-corrected chi connectivity index (χ0v) is 8.47. The normalized spacial score (nSPS) is 12.7. The number of hydrogen-bond acceptors (Lipinski definition) is 4. The van der Waals surface area contributed by atoms with E-state index < -0.39 is 12.1 Å². The van der Waals surface area contributed by atoms with Gasteiger partial charge in [0.15, 0.2) is 11.6 Å². The van der Waals surface area contributed by atoms with Crippen molar-refractivity contribution in [3.05, 3.63) is 12.2 Å². The van der Waals surface area contributed by atoms with Crippen LogP contribution in [-0.2, 0) is 14.4 Å². The molecule has 5 heteroatoms. The molecule has 0 saturated carbocycles. The number of carbonyl (C=O) groups excluding carboxylic acids is 2. The Labute approximate surface area is 87.4 Å². The fourth-order valence-electron chi connectivity index (χ4n) is 0.920. The van der Waals surface area contributed by atoms with Gasteiger partial charge in [0.1, 0.15) is 6.10 Å². The largest absolute Gasteiger partial charge is 0.478 e. The Morgan fingerprint density at radius 2 is 1.87 bits per heavy atom. The number of aliphatic hydroxyl groups excluding tert-OH is 1. The lowest BCUT2D eigenvalue weighted by Gasteiger charge is -2.04. The summed E-state index contributed by atoms with van der Waals surface area (Å²) in [6.45, 7) is 1.27. The van der Waals surface area contributed by atoms with Crippen molar-refractivity contribution in [1.82, 2.24) is 0 Å². The van der Waals surface area contributed by atoms with Crippen LogP contribution in [0.15, 0.2) is 12.2 Å². The molecular formula is C10H14O5. The van der Waals surface area contributed by atoms with Crippen LogP contribution in [0.1, 0.15) is 26.2 Å². The first-order valence-electron chi connectivity index (χ1n) is 4.56. The third kappa shape index (κ3) is 7.57. The first kappa shape index (κ1) is 13.5. The zero-order valence-electron chi connectivity index (χ0n) is 8.47. The molecule has 0 heterocycles. The highest BCUT2D eigenvalue weighted by Gasteiger charge is 2.09. The third-order valence-electron chi connectivity index (χ3n) is 1.78. The number of Topliss-reactive ketones (excluding diaryl/α,β-unsaturated/α-hetero) is 1. The van der Waals surface area contributed by atoms with Gasteiger partial charge in [0.05, 0.1) is 0 Å². The van der Waals surface area contributed by atoms with Gasteiger partial charge in [0.25, 0.3) is 0 Å². The van der Waals surface area contributed by atoms with Gasteiger partial charge < -0.3 is 10.2 Å². The number of carbonyl (C=O) groups is 3. The monoisotopic (exact) mass is 214 g/mol. The minimum atomic E-state index is -1.17. The molecule has 0 fully saturated rings. The molecule has 0 rings (SSSR count). The van der Waals surface area contributed by atoms with E-state index in [0.29, 0.717) is 6.42 Å². The topological polar surface area (TPSA) is 91.7 Å². The van der Waals surface area contributed by atoms with Crippen molar-refractivity contribution >= 4 is 17.5 Å². The summed E-state index contributed by atoms with van der Waals surface area (Å²) in [6.07, 6.45) is 1.44. The van der Waals surface area contributed by atoms with E-state index in [0.717, 1.165) is 12.2 Å². The second kappa shape index (κ2) is 6.89. The third-order valence-corrected chi connectivity index (χ3v) is 1.78. The molecule has 1 unspecified atom stereocenters. The summed E-state index contributed by atoms with van der Waals surface area (Å²) in [4.78, 5) is 31.6. The van der Waals surface area contributed by atoms with E-state index in [1.165, 1.54) is 6.92 Å². The Balaban J connectivity index is 3.73. The Bertz CT molecular complexity index is 280. The number of rotatable bonds is 7. The minimum Gasteiger partial charge on any atom is -0.478 e. The predicted octanol–water partition coefficient (Wildman–Crippen LogP) is 0.316. The summed E-state index contributed by atoms with van der Waals surface area (Å²) < 4.78 is 0. The quantitative estimate of drug-likeness (QED) is 0.595. The zero-order chi connectivity index (χ0) is 11.8. The fraction of sp³-hybridized carbons (Fsp3) is 0.500. The number of carboxylic acids is 1. The smallest absolute Gasteiger partial charge is 0.328 e. The van der Waals surface area contributed by atoms with E-state index in [1.54, 1.807) is 0 Å². The van der Waals surface area contributed by atoms with E-state index in [2.05, 4.69) is 0 Å². The van der Waals surface area contributed by atoms with Gasteiger partial charge in [-0.05, 0) is 25.8 Å². The molecule has 0 aliphatic carbocycles. The van der Waals surface area contributed by atoms with Crippen molar-refractivity contribution in [3.63, 3.8) is 0 Å². The van der Waals surface area contributed by atoms with Crippen molar-refractivity contribution in [2.45, 2.75) is 32.3 Å². The van der Waals surface area contributed by atoms with Gasteiger partial charge in [-0.1, -0.05) is 0 Å². The highest BCUT2D eigenvalue weighted by atomic mass is 16.4. The van der Waals surface area contributed by atoms with Crippen LogP contribution >= 0.6 is 0 Å². The summed E-state index contributed by atoms with van der Waals surface area (Å²) in [6, 6.07) is 0. The molecule has 0 radical (unpaired) electrons. The van der Waals surface area contributed by atoms with Crippen LogP contribution in [0.4, 0.5) is 0 Å². The van der Waals surface area contributed by atoms with Gasteiger partial charge in [-0.2, -0.15) is 0 Å². The molecule has 0 aromatic carbocycles. The number of ketones is 2. The molecule has 15 heavy (non-hydrogen) atoms. The molecule has 0 aliphatic rings. The summed E-state index contributed by atoms with van der Waals surface area (Å²) in [5.74, 6) is -1.83. The van der Waals surface area contributed by atoms with Crippen molar-refractivity contribution in [1.29, 1.82) is 0 Å². The molecule has 84 valence electrons. The maximum atomic E-state index is 11.0. The van der Waals surface area contributed by atoms with Crippen LogP contribution in [0.3, 0.4) is 0 Å². The lowest BCUT2D eigenvalue weighted by molar-refractivity contribution is -0.131. The van der Waals surface area contributed by atoms with Crippen LogP contribution in [0.2, 0.25) is 0 Å². The predicted molar refractivity (Wildman–Crippen MR) is 52.3 cm³/mol. The molecule has 0 aliphatic heterocycles. The first-order valence-corrected chi connectivity index (χ1v) is 4.56. The lowest BCUT2D eigenvalue weighted by atomic mass is 10.1. The Morgan fingerprint density at radius 1 is 1.27 bits per heavy atom. The number of allylic oxidation sites excluding steroid dienone is 1. The molecule has 2 N–H and O–H groups in total. The van der Waals surface area contributed by atoms with Crippen molar-refractivity contribution in [3.8, 4) is 0 Å². The first-order chi connectivity index (χ1) is 6.93. The summed E-state index contributed by atoms with van der Waals surface area (Å²) in [5.41, 5.74) is 0. The SMILES string of the molecule is CC(=O)C(O)CCCC(=O)/C=C/C(=O)O. The van der Waals surface area contributed by atoms with Gasteiger partial charge >= 0.3 is 5.97 Å². The number of carboxylic acid groups (broad SMARTS) is 1.